The van der Waals surface area contributed by atoms with Gasteiger partial charge in [0.1, 0.15) is 0 Å². The van der Waals surface area contributed by atoms with E-state index in [1.807, 2.05) is 0 Å². The number of allylic oxidation sites excluding steroid dienone is 1. The van der Waals surface area contributed by atoms with Gasteiger partial charge in [-0.2, -0.15) is 0 Å². The lowest BCUT2D eigenvalue weighted by atomic mass is 10.2. The van der Waals surface area contributed by atoms with Crippen LogP contribution in [0.4, 0.5) is 5.69 Å². The van der Waals surface area contributed by atoms with Gasteiger partial charge in [0.25, 0.3) is 5.91 Å². The van der Waals surface area contributed by atoms with Crippen LogP contribution in [-0.4, -0.2) is 32.3 Å². The van der Waals surface area contributed by atoms with Gasteiger partial charge in [0, 0.05) is 16.6 Å². The third-order valence-corrected chi connectivity index (χ3v) is 6.90. The van der Waals surface area contributed by atoms with Gasteiger partial charge in [0.05, 0.1) is 38.1 Å². The maximum absolute atomic E-state index is 12.7. The average molecular weight is 594 g/mol. The number of rotatable bonds is 9. The van der Waals surface area contributed by atoms with Gasteiger partial charge < -0.3 is 15.2 Å². The number of nitrogens with one attached hydrogen (secondary N) is 2. The molecule has 0 saturated heterocycles. The average Bonchev–Trinajstić information content (AvgIpc) is 3.17. The number of thioether (sulfide) groups is 1. The maximum atomic E-state index is 12.7. The number of hydrogen-bond acceptors (Lipinski definition) is 5. The number of amides is 2. The zero-order chi connectivity index (χ0) is 25.7. The van der Waals surface area contributed by atoms with Crippen molar-refractivity contribution in [1.29, 1.82) is 0 Å². The van der Waals surface area contributed by atoms with Crippen LogP contribution < -0.4 is 10.6 Å². The van der Waals surface area contributed by atoms with Crippen LogP contribution in [0, 0.1) is 0 Å². The Bertz CT molecular complexity index is 1260. The Labute approximate surface area is 231 Å². The molecule has 1 aromatic heterocycles. The van der Waals surface area contributed by atoms with Crippen molar-refractivity contribution in [2.75, 3.05) is 11.1 Å². The minimum atomic E-state index is -0.517. The van der Waals surface area contributed by atoms with Crippen LogP contribution in [0.15, 0.2) is 48.1 Å². The van der Waals surface area contributed by atoms with Crippen LogP contribution in [0.3, 0.4) is 0 Å². The molecule has 0 aliphatic rings. The molecular formula is C22H18Cl5N5O2S. The summed E-state index contributed by atoms with van der Waals surface area (Å²) in [7, 11) is 0. The van der Waals surface area contributed by atoms with Crippen LogP contribution in [0.1, 0.15) is 29.1 Å². The summed E-state index contributed by atoms with van der Waals surface area (Å²) in [4.78, 5) is 25.2. The lowest BCUT2D eigenvalue weighted by Crippen LogP contribution is -2.29. The minimum absolute atomic E-state index is 0.00564. The smallest absolute Gasteiger partial charge is 0.253 e. The van der Waals surface area contributed by atoms with Gasteiger partial charge in [-0.15, -0.1) is 16.8 Å². The van der Waals surface area contributed by atoms with Gasteiger partial charge in [-0.05, 0) is 37.3 Å². The van der Waals surface area contributed by atoms with Crippen molar-refractivity contribution in [2.45, 2.75) is 24.7 Å². The zero-order valence-electron chi connectivity index (χ0n) is 18.1. The normalized spacial score (nSPS) is 11.7. The van der Waals surface area contributed by atoms with E-state index in [2.05, 4.69) is 27.4 Å². The van der Waals surface area contributed by atoms with Crippen molar-refractivity contribution in [1.82, 2.24) is 20.1 Å². The monoisotopic (exact) mass is 591 g/mol. The van der Waals surface area contributed by atoms with E-state index in [0.29, 0.717) is 27.6 Å². The summed E-state index contributed by atoms with van der Waals surface area (Å²) in [6.07, 6.45) is 1.66. The molecule has 1 atom stereocenters. The number of hydrogen-bond donors (Lipinski definition) is 2. The maximum Gasteiger partial charge on any atom is 0.253 e. The molecule has 3 rings (SSSR count). The Morgan fingerprint density at radius 2 is 1.71 bits per heavy atom. The molecule has 0 unspecified atom stereocenters. The molecule has 0 spiro atoms. The Balaban J connectivity index is 1.70. The minimum Gasteiger partial charge on any atom is -0.342 e. The number of anilines is 1. The number of nitrogens with zero attached hydrogens (tertiary/aromatic N) is 3. The Hall–Kier alpha value is -1.94. The summed E-state index contributed by atoms with van der Waals surface area (Å²) in [5, 5.41) is 15.8. The molecule has 2 N–H and O–H groups in total. The van der Waals surface area contributed by atoms with E-state index >= 15 is 0 Å². The highest BCUT2D eigenvalue weighted by atomic mass is 35.5. The number of carbonyl (C=O) groups is 2. The van der Waals surface area contributed by atoms with Gasteiger partial charge in [-0.1, -0.05) is 75.8 Å². The molecule has 0 saturated carbocycles. The first-order valence-corrected chi connectivity index (χ1v) is 12.8. The van der Waals surface area contributed by atoms with Gasteiger partial charge in [-0.25, -0.2) is 0 Å². The molecule has 0 fully saturated rings. The van der Waals surface area contributed by atoms with Crippen LogP contribution in [0.2, 0.25) is 25.1 Å². The number of aromatic nitrogens is 3. The van der Waals surface area contributed by atoms with Crippen LogP contribution in [0.5, 0.6) is 0 Å². The first-order chi connectivity index (χ1) is 16.6. The van der Waals surface area contributed by atoms with E-state index in [9.17, 15) is 9.59 Å². The van der Waals surface area contributed by atoms with Crippen molar-refractivity contribution in [3.05, 3.63) is 79.5 Å². The molecule has 3 aromatic rings. The number of carbonyl (C=O) groups excluding carboxylic acids is 2. The summed E-state index contributed by atoms with van der Waals surface area (Å²) in [5.74, 6) is -0.256. The molecule has 2 aromatic carbocycles. The van der Waals surface area contributed by atoms with Crippen molar-refractivity contribution < 1.29 is 9.59 Å². The summed E-state index contributed by atoms with van der Waals surface area (Å²) in [6.45, 7) is 5.89. The van der Waals surface area contributed by atoms with Gasteiger partial charge in [-0.3, -0.25) is 9.59 Å². The van der Waals surface area contributed by atoms with E-state index in [1.165, 1.54) is 18.2 Å². The molecule has 0 aliphatic carbocycles. The van der Waals surface area contributed by atoms with E-state index in [-0.39, 0.29) is 38.0 Å². The van der Waals surface area contributed by atoms with Crippen LogP contribution in [0.25, 0.3) is 0 Å². The van der Waals surface area contributed by atoms with Gasteiger partial charge in [0.2, 0.25) is 5.91 Å². The lowest BCUT2D eigenvalue weighted by molar-refractivity contribution is -0.113. The third-order valence-electron chi connectivity index (χ3n) is 4.57. The summed E-state index contributed by atoms with van der Waals surface area (Å²) in [5.41, 5.74) is 0.553. The molecule has 0 radical (unpaired) electrons. The highest BCUT2D eigenvalue weighted by Gasteiger charge is 2.22. The standard InChI is InChI=1S/C22H18Cl5N5O2S/c1-3-6-32-20(11(2)28-21(34)14-5-4-12(23)7-15(14)25)30-31-22(32)35-10-18(33)29-19-16(26)8-13(24)9-17(19)27/h3-5,7-9,11H,1,6,10H2,2H3,(H,28,34)(H,29,33)/t11-/m0/s1. The predicted octanol–water partition coefficient (Wildman–Crippen LogP) is 6.95. The fourth-order valence-electron chi connectivity index (χ4n) is 3.01. The molecule has 35 heavy (non-hydrogen) atoms. The Morgan fingerprint density at radius 1 is 1.06 bits per heavy atom. The summed E-state index contributed by atoms with van der Waals surface area (Å²) >= 11 is 31.4. The van der Waals surface area contributed by atoms with E-state index < -0.39 is 11.9 Å². The molecule has 184 valence electrons. The number of benzene rings is 2. The first kappa shape index (κ1) is 27.6. The largest absolute Gasteiger partial charge is 0.342 e. The predicted molar refractivity (Wildman–Crippen MR) is 143 cm³/mol. The Kier molecular flexibility index (Phi) is 9.75. The quantitative estimate of drug-likeness (QED) is 0.207. The molecule has 7 nitrogen and oxygen atoms in total. The Morgan fingerprint density at radius 3 is 2.34 bits per heavy atom. The number of halogens is 5. The third kappa shape index (κ3) is 7.06. The lowest BCUT2D eigenvalue weighted by Gasteiger charge is -2.16. The molecule has 1 heterocycles. The molecule has 13 heteroatoms. The summed E-state index contributed by atoms with van der Waals surface area (Å²) in [6, 6.07) is 7.07. The van der Waals surface area contributed by atoms with Crippen molar-refractivity contribution >= 4 is 87.3 Å². The second kappa shape index (κ2) is 12.3. The highest BCUT2D eigenvalue weighted by Crippen LogP contribution is 2.34. The molecule has 0 bridgehead atoms. The fraction of sp³-hybridized carbons (Fsp3) is 0.182. The van der Waals surface area contributed by atoms with Gasteiger partial charge in [0.15, 0.2) is 11.0 Å². The van der Waals surface area contributed by atoms with Gasteiger partial charge >= 0.3 is 0 Å². The van der Waals surface area contributed by atoms with Crippen molar-refractivity contribution in [2.24, 2.45) is 0 Å². The van der Waals surface area contributed by atoms with Crippen LogP contribution >= 0.6 is 69.8 Å². The second-order valence-electron chi connectivity index (χ2n) is 7.14. The fourth-order valence-corrected chi connectivity index (χ4v) is 5.17. The molecular weight excluding hydrogens is 576 g/mol. The van der Waals surface area contributed by atoms with Crippen LogP contribution in [-0.2, 0) is 11.3 Å². The van der Waals surface area contributed by atoms with Crippen molar-refractivity contribution in [3.63, 3.8) is 0 Å². The SMILES string of the molecule is C=CCn1c(SCC(=O)Nc2c(Cl)cc(Cl)cc2Cl)nnc1[C@H](C)NC(=O)c1ccc(Cl)cc1Cl. The van der Waals surface area contributed by atoms with E-state index in [0.717, 1.165) is 11.8 Å². The van der Waals surface area contributed by atoms with Crippen molar-refractivity contribution in [3.8, 4) is 0 Å². The summed E-state index contributed by atoms with van der Waals surface area (Å²) < 4.78 is 1.75. The topological polar surface area (TPSA) is 88.9 Å². The van der Waals surface area contributed by atoms with E-state index in [4.69, 9.17) is 58.0 Å². The zero-order valence-corrected chi connectivity index (χ0v) is 22.7. The molecule has 0 aliphatic heterocycles. The highest BCUT2D eigenvalue weighted by molar-refractivity contribution is 7.99. The van der Waals surface area contributed by atoms with E-state index in [1.54, 1.807) is 29.7 Å². The second-order valence-corrected chi connectivity index (χ2v) is 10.2. The molecule has 2 amide bonds. The first-order valence-electron chi connectivity index (χ1n) is 9.97.